The predicted molar refractivity (Wildman–Crippen MR) is 168 cm³/mol. The monoisotopic (exact) mass is 598 g/mol. The Kier molecular flexibility index (Phi) is 7.54. The molecule has 11 nitrogen and oxygen atoms in total. The molecular weight excluding hydrogens is 572 g/mol. The summed E-state index contributed by atoms with van der Waals surface area (Å²) in [4.78, 5) is 37.7. The fourth-order valence-corrected chi connectivity index (χ4v) is 5.56. The number of fused-ring (bicyclic) bond motifs is 2. The highest BCUT2D eigenvalue weighted by molar-refractivity contribution is 6.05. The Morgan fingerprint density at radius 2 is 1.78 bits per heavy atom. The lowest BCUT2D eigenvalue weighted by Gasteiger charge is -2.15. The number of amides is 1. The number of aryl methyl sites for hydroxylation is 1. The number of nitriles is 1. The number of nitrogens with one attached hydrogen (secondary N) is 2. The summed E-state index contributed by atoms with van der Waals surface area (Å²) < 4.78 is 7.63. The summed E-state index contributed by atoms with van der Waals surface area (Å²) in [6.07, 6.45) is 1.69. The molecule has 0 aliphatic carbocycles. The number of carboxylic acids is 1. The number of hydrogen-bond acceptors (Lipinski definition) is 7. The number of carbonyl (C=O) groups is 2. The van der Waals surface area contributed by atoms with Crippen molar-refractivity contribution in [3.8, 4) is 34.2 Å². The fourth-order valence-electron chi connectivity index (χ4n) is 5.56. The highest BCUT2D eigenvalue weighted by Crippen LogP contribution is 2.39. The zero-order valence-corrected chi connectivity index (χ0v) is 24.3. The quantitative estimate of drug-likeness (QED) is 0.219. The van der Waals surface area contributed by atoms with E-state index in [-0.39, 0.29) is 29.7 Å². The molecule has 3 N–H and O–H groups in total. The van der Waals surface area contributed by atoms with Crippen LogP contribution in [0.25, 0.3) is 43.9 Å². The van der Waals surface area contributed by atoms with E-state index in [2.05, 4.69) is 26.7 Å². The predicted octanol–water partition coefficient (Wildman–Crippen LogP) is 5.04. The molecule has 0 aliphatic heterocycles. The maximum atomic E-state index is 13.1. The second kappa shape index (κ2) is 11.8. The van der Waals surface area contributed by atoms with Crippen LogP contribution < -0.4 is 15.6 Å². The van der Waals surface area contributed by atoms with Crippen molar-refractivity contribution in [2.75, 3.05) is 6.61 Å². The van der Waals surface area contributed by atoms with Crippen LogP contribution in [-0.4, -0.2) is 43.6 Å². The van der Waals surface area contributed by atoms with Gasteiger partial charge in [0.2, 0.25) is 0 Å². The number of benzene rings is 4. The van der Waals surface area contributed by atoms with Gasteiger partial charge in [-0.25, -0.2) is 9.89 Å². The zero-order chi connectivity index (χ0) is 31.7. The van der Waals surface area contributed by atoms with Crippen LogP contribution in [0.5, 0.6) is 5.75 Å². The number of hydrogen-bond donors (Lipinski definition) is 3. The summed E-state index contributed by atoms with van der Waals surface area (Å²) in [5, 5.41) is 36.1. The molecular formula is C34H26N6O5. The number of carbonyl (C=O) groups excluding carboxylic acids is 1. The van der Waals surface area contributed by atoms with Gasteiger partial charge in [0.05, 0.1) is 52.8 Å². The normalized spacial score (nSPS) is 11.0. The molecule has 0 unspecified atom stereocenters. The summed E-state index contributed by atoms with van der Waals surface area (Å²) >= 11 is 0. The van der Waals surface area contributed by atoms with Gasteiger partial charge in [-0.2, -0.15) is 15.5 Å². The van der Waals surface area contributed by atoms with E-state index in [9.17, 15) is 24.8 Å². The number of rotatable bonds is 8. The Morgan fingerprint density at radius 3 is 2.53 bits per heavy atom. The van der Waals surface area contributed by atoms with Gasteiger partial charge in [-0.15, -0.1) is 0 Å². The molecule has 4 aromatic carbocycles. The fraction of sp³-hybridized carbons (Fsp3) is 0.118. The van der Waals surface area contributed by atoms with Crippen LogP contribution in [0, 0.1) is 11.3 Å². The van der Waals surface area contributed by atoms with E-state index in [0.717, 1.165) is 10.8 Å². The van der Waals surface area contributed by atoms with E-state index in [0.29, 0.717) is 44.8 Å². The third-order valence-electron chi connectivity index (χ3n) is 7.60. The minimum absolute atomic E-state index is 0.00175. The number of carboxylic acid groups (broad SMARTS) is 1. The molecule has 0 saturated heterocycles. The highest BCUT2D eigenvalue weighted by Gasteiger charge is 2.22. The zero-order valence-electron chi connectivity index (χ0n) is 24.3. The SMILES string of the molecule is CCOc1cc(-c2cnn(C)c2-c2ccc3ccccc3c2C#N)cc2c(CNC(=O)c3ccccc3C(=O)O)n[nH]c(=O)c12. The number of aromatic nitrogens is 4. The lowest BCUT2D eigenvalue weighted by Crippen LogP contribution is -2.26. The smallest absolute Gasteiger partial charge is 0.336 e. The molecule has 0 atom stereocenters. The van der Waals surface area contributed by atoms with Crippen molar-refractivity contribution in [3.63, 3.8) is 0 Å². The molecule has 11 heteroatoms. The standard InChI is InChI=1S/C34H26N6O5/c1-3-45-29-15-20(27-17-37-40(2)31(27)22-13-12-19-8-4-5-9-21(19)26(22)16-35)14-25-28(38-39-33(42)30(25)29)18-36-32(41)23-10-6-7-11-24(23)34(43)44/h4-15,17H,3,18H2,1-2H3,(H,36,41)(H,39,42)(H,43,44). The molecule has 0 fully saturated rings. The van der Waals surface area contributed by atoms with E-state index in [1.165, 1.54) is 18.2 Å². The summed E-state index contributed by atoms with van der Waals surface area (Å²) in [6.45, 7) is 1.97. The van der Waals surface area contributed by atoms with Gasteiger partial charge in [-0.1, -0.05) is 48.5 Å². The summed E-state index contributed by atoms with van der Waals surface area (Å²) in [7, 11) is 1.79. The van der Waals surface area contributed by atoms with Gasteiger partial charge in [0.25, 0.3) is 11.5 Å². The maximum absolute atomic E-state index is 13.1. The van der Waals surface area contributed by atoms with Gasteiger partial charge in [0, 0.05) is 28.9 Å². The molecule has 1 amide bonds. The molecule has 0 spiro atoms. The van der Waals surface area contributed by atoms with Crippen LogP contribution in [-0.2, 0) is 13.6 Å². The number of H-pyrrole nitrogens is 1. The molecule has 0 radical (unpaired) electrons. The Hall–Kier alpha value is -6.28. The molecule has 45 heavy (non-hydrogen) atoms. The Balaban J connectivity index is 1.49. The lowest BCUT2D eigenvalue weighted by atomic mass is 9.93. The molecule has 222 valence electrons. The molecule has 6 rings (SSSR count). The van der Waals surface area contributed by atoms with Gasteiger partial charge in [0.1, 0.15) is 11.8 Å². The van der Waals surface area contributed by atoms with Crippen LogP contribution in [0.2, 0.25) is 0 Å². The van der Waals surface area contributed by atoms with E-state index < -0.39 is 17.4 Å². The van der Waals surface area contributed by atoms with Crippen molar-refractivity contribution in [1.29, 1.82) is 5.26 Å². The topological polar surface area (TPSA) is 163 Å². The molecule has 0 aliphatic rings. The Bertz CT molecular complexity index is 2250. The van der Waals surface area contributed by atoms with Gasteiger partial charge in [0.15, 0.2) is 0 Å². The van der Waals surface area contributed by atoms with E-state index in [1.807, 2.05) is 36.4 Å². The van der Waals surface area contributed by atoms with Gasteiger partial charge in [-0.05, 0) is 42.1 Å². The van der Waals surface area contributed by atoms with E-state index in [4.69, 9.17) is 4.74 Å². The minimum Gasteiger partial charge on any atom is -0.493 e. The van der Waals surface area contributed by atoms with Crippen molar-refractivity contribution in [3.05, 3.63) is 112 Å². The third-order valence-corrected chi connectivity index (χ3v) is 7.60. The van der Waals surface area contributed by atoms with Crippen LogP contribution in [0.3, 0.4) is 0 Å². The highest BCUT2D eigenvalue weighted by atomic mass is 16.5. The first-order valence-corrected chi connectivity index (χ1v) is 14.1. The third kappa shape index (κ3) is 5.14. The molecule has 6 aromatic rings. The van der Waals surface area contributed by atoms with Crippen LogP contribution in [0.4, 0.5) is 0 Å². The van der Waals surface area contributed by atoms with Crippen molar-refractivity contribution < 1.29 is 19.4 Å². The first-order valence-electron chi connectivity index (χ1n) is 14.1. The number of aromatic carboxylic acids is 1. The first kappa shape index (κ1) is 28.8. The second-order valence-corrected chi connectivity index (χ2v) is 10.2. The molecule has 0 saturated carbocycles. The van der Waals surface area contributed by atoms with Crippen LogP contribution in [0.1, 0.15) is 38.9 Å². The second-order valence-electron chi connectivity index (χ2n) is 10.2. The van der Waals surface area contributed by atoms with Gasteiger partial charge >= 0.3 is 5.97 Å². The summed E-state index contributed by atoms with van der Waals surface area (Å²) in [5.74, 6) is -1.52. The summed E-state index contributed by atoms with van der Waals surface area (Å²) in [5.41, 5.74) is 2.96. The average molecular weight is 599 g/mol. The van der Waals surface area contributed by atoms with Crippen molar-refractivity contribution >= 4 is 33.4 Å². The van der Waals surface area contributed by atoms with Crippen LogP contribution >= 0.6 is 0 Å². The van der Waals surface area contributed by atoms with Crippen molar-refractivity contribution in [2.24, 2.45) is 7.05 Å². The van der Waals surface area contributed by atoms with Gasteiger partial charge < -0.3 is 15.2 Å². The number of ether oxygens (including phenoxy) is 1. The maximum Gasteiger partial charge on any atom is 0.336 e. The molecule has 2 aromatic heterocycles. The van der Waals surface area contributed by atoms with Crippen molar-refractivity contribution in [2.45, 2.75) is 13.5 Å². The minimum atomic E-state index is -1.22. The lowest BCUT2D eigenvalue weighted by molar-refractivity contribution is 0.0691. The van der Waals surface area contributed by atoms with Gasteiger partial charge in [-0.3, -0.25) is 14.3 Å². The van der Waals surface area contributed by atoms with Crippen molar-refractivity contribution in [1.82, 2.24) is 25.3 Å². The largest absolute Gasteiger partial charge is 0.493 e. The first-order chi connectivity index (χ1) is 21.8. The van der Waals surface area contributed by atoms with E-state index in [1.54, 1.807) is 43.0 Å². The summed E-state index contributed by atoms with van der Waals surface area (Å²) in [6, 6.07) is 23.3. The molecule has 2 heterocycles. The van der Waals surface area contributed by atoms with E-state index >= 15 is 0 Å². The number of nitrogens with zero attached hydrogens (tertiary/aromatic N) is 4. The Labute approximate surface area is 256 Å². The molecule has 0 bridgehead atoms. The average Bonchev–Trinajstić information content (AvgIpc) is 3.44. The number of aromatic amines is 1. The van der Waals surface area contributed by atoms with Crippen LogP contribution in [0.15, 0.2) is 83.8 Å². The Morgan fingerprint density at radius 1 is 1.02 bits per heavy atom.